The van der Waals surface area contributed by atoms with Crippen LogP contribution in [0.15, 0.2) is 42.7 Å². The third-order valence-electron chi connectivity index (χ3n) is 6.43. The van der Waals surface area contributed by atoms with Crippen LogP contribution in [-0.2, 0) is 0 Å². The summed E-state index contributed by atoms with van der Waals surface area (Å²) in [6.07, 6.45) is 8.42. The van der Waals surface area contributed by atoms with Gasteiger partial charge in [-0.1, -0.05) is 0 Å². The lowest BCUT2D eigenvalue weighted by molar-refractivity contribution is 0.0827. The van der Waals surface area contributed by atoms with Crippen LogP contribution in [0.4, 0.5) is 11.6 Å². The summed E-state index contributed by atoms with van der Waals surface area (Å²) >= 11 is 0. The molecule has 1 unspecified atom stereocenters. The molecule has 0 radical (unpaired) electrons. The van der Waals surface area contributed by atoms with Crippen LogP contribution in [0.1, 0.15) is 36.0 Å². The Hall–Kier alpha value is -2.67. The molecule has 2 fully saturated rings. The van der Waals surface area contributed by atoms with E-state index in [0.717, 1.165) is 57.1 Å². The summed E-state index contributed by atoms with van der Waals surface area (Å²) < 4.78 is 0. The fourth-order valence-electron chi connectivity index (χ4n) is 4.62. The minimum Gasteiger partial charge on any atom is -0.371 e. The SMILES string of the molecule is CN(C)C(=O)c1ccc(N2CCC(NCC3CCCN(c4ncccn4)C3)CC2)cc1. The highest BCUT2D eigenvalue weighted by atomic mass is 16.2. The molecule has 7 heteroatoms. The molecule has 2 aliphatic rings. The third kappa shape index (κ3) is 5.53. The number of piperidine rings is 2. The maximum absolute atomic E-state index is 12.1. The molecule has 0 bridgehead atoms. The second-order valence-electron chi connectivity index (χ2n) is 8.92. The van der Waals surface area contributed by atoms with Crippen molar-refractivity contribution in [2.45, 2.75) is 31.7 Å². The molecular formula is C24H34N6O. The topological polar surface area (TPSA) is 64.6 Å². The van der Waals surface area contributed by atoms with Crippen molar-refractivity contribution in [1.29, 1.82) is 0 Å². The average Bonchev–Trinajstić information content (AvgIpc) is 2.83. The van der Waals surface area contributed by atoms with Gasteiger partial charge in [0.2, 0.25) is 5.95 Å². The molecule has 0 aliphatic carbocycles. The van der Waals surface area contributed by atoms with Crippen LogP contribution in [0.5, 0.6) is 0 Å². The minimum atomic E-state index is 0.0505. The molecule has 1 N–H and O–H groups in total. The summed E-state index contributed by atoms with van der Waals surface area (Å²) in [5, 5.41) is 3.83. The van der Waals surface area contributed by atoms with Gasteiger partial charge in [0, 0.05) is 70.0 Å². The van der Waals surface area contributed by atoms with E-state index in [1.165, 1.54) is 18.5 Å². The zero-order valence-electron chi connectivity index (χ0n) is 18.7. The van der Waals surface area contributed by atoms with Crippen molar-refractivity contribution in [3.63, 3.8) is 0 Å². The minimum absolute atomic E-state index is 0.0505. The van der Waals surface area contributed by atoms with Crippen LogP contribution in [0, 0.1) is 5.92 Å². The maximum Gasteiger partial charge on any atom is 0.253 e. The normalized spacial score (nSPS) is 20.0. The molecule has 1 aromatic heterocycles. The number of hydrogen-bond acceptors (Lipinski definition) is 6. The summed E-state index contributed by atoms with van der Waals surface area (Å²) in [7, 11) is 3.57. The number of nitrogens with zero attached hydrogens (tertiary/aromatic N) is 5. The summed E-state index contributed by atoms with van der Waals surface area (Å²) in [5.74, 6) is 1.56. The predicted molar refractivity (Wildman–Crippen MR) is 125 cm³/mol. The highest BCUT2D eigenvalue weighted by Gasteiger charge is 2.24. The molecule has 1 amide bonds. The van der Waals surface area contributed by atoms with Crippen LogP contribution >= 0.6 is 0 Å². The Morgan fingerprint density at radius 1 is 1.03 bits per heavy atom. The Labute approximate surface area is 185 Å². The van der Waals surface area contributed by atoms with E-state index in [1.807, 2.05) is 30.6 Å². The zero-order chi connectivity index (χ0) is 21.6. The second kappa shape index (κ2) is 10.1. The number of benzene rings is 1. The molecular weight excluding hydrogens is 388 g/mol. The average molecular weight is 423 g/mol. The standard InChI is InChI=1S/C24H34N6O/c1-28(2)23(31)20-6-8-22(9-7-20)29-15-10-21(11-16-29)27-17-19-5-3-14-30(18-19)24-25-12-4-13-26-24/h4,6-9,12-13,19,21,27H,3,5,10-11,14-18H2,1-2H3. The monoisotopic (exact) mass is 422 g/mol. The van der Waals surface area contributed by atoms with E-state index in [2.05, 4.69) is 37.2 Å². The fraction of sp³-hybridized carbons (Fsp3) is 0.542. The lowest BCUT2D eigenvalue weighted by atomic mass is 9.96. The van der Waals surface area contributed by atoms with E-state index in [0.29, 0.717) is 12.0 Å². The molecule has 166 valence electrons. The van der Waals surface area contributed by atoms with Gasteiger partial charge in [0.15, 0.2) is 0 Å². The predicted octanol–water partition coefficient (Wildman–Crippen LogP) is 2.65. The summed E-state index contributed by atoms with van der Waals surface area (Å²) in [4.78, 5) is 27.3. The van der Waals surface area contributed by atoms with E-state index in [-0.39, 0.29) is 5.91 Å². The molecule has 4 rings (SSSR count). The van der Waals surface area contributed by atoms with Crippen LogP contribution in [0.2, 0.25) is 0 Å². The second-order valence-corrected chi connectivity index (χ2v) is 8.92. The quantitative estimate of drug-likeness (QED) is 0.772. The number of carbonyl (C=O) groups is 1. The number of anilines is 2. The van der Waals surface area contributed by atoms with Crippen molar-refractivity contribution >= 4 is 17.5 Å². The highest BCUT2D eigenvalue weighted by molar-refractivity contribution is 5.94. The molecule has 3 heterocycles. The Morgan fingerprint density at radius 2 is 1.74 bits per heavy atom. The van der Waals surface area contributed by atoms with Gasteiger partial charge in [-0.05, 0) is 68.5 Å². The first-order chi connectivity index (χ1) is 15.1. The molecule has 2 aliphatic heterocycles. The molecule has 7 nitrogen and oxygen atoms in total. The van der Waals surface area contributed by atoms with Gasteiger partial charge in [0.25, 0.3) is 5.91 Å². The summed E-state index contributed by atoms with van der Waals surface area (Å²) in [6.45, 7) is 5.25. The molecule has 0 spiro atoms. The number of aromatic nitrogens is 2. The highest BCUT2D eigenvalue weighted by Crippen LogP contribution is 2.23. The van der Waals surface area contributed by atoms with Gasteiger partial charge in [-0.15, -0.1) is 0 Å². The number of hydrogen-bond donors (Lipinski definition) is 1. The van der Waals surface area contributed by atoms with Crippen LogP contribution in [-0.4, -0.2) is 73.6 Å². The van der Waals surface area contributed by atoms with Gasteiger partial charge in [0.05, 0.1) is 0 Å². The molecule has 1 atom stereocenters. The number of rotatable bonds is 6. The lowest BCUT2D eigenvalue weighted by Crippen LogP contribution is -2.46. The van der Waals surface area contributed by atoms with Crippen LogP contribution < -0.4 is 15.1 Å². The molecule has 2 saturated heterocycles. The van der Waals surface area contributed by atoms with Crippen LogP contribution in [0.3, 0.4) is 0 Å². The smallest absolute Gasteiger partial charge is 0.253 e. The van der Waals surface area contributed by atoms with E-state index in [1.54, 1.807) is 19.0 Å². The first kappa shape index (κ1) is 21.6. The Kier molecular flexibility index (Phi) is 7.02. The van der Waals surface area contributed by atoms with E-state index < -0.39 is 0 Å². The van der Waals surface area contributed by atoms with Gasteiger partial charge in [-0.3, -0.25) is 4.79 Å². The van der Waals surface area contributed by atoms with Crippen molar-refractivity contribution in [2.24, 2.45) is 5.92 Å². The van der Waals surface area contributed by atoms with Gasteiger partial charge in [0.1, 0.15) is 0 Å². The number of carbonyl (C=O) groups excluding carboxylic acids is 1. The Bertz CT molecular complexity index is 833. The van der Waals surface area contributed by atoms with Crippen molar-refractivity contribution in [3.05, 3.63) is 48.3 Å². The van der Waals surface area contributed by atoms with E-state index in [4.69, 9.17) is 0 Å². The van der Waals surface area contributed by atoms with Crippen molar-refractivity contribution in [1.82, 2.24) is 20.2 Å². The molecule has 2 aromatic rings. The largest absolute Gasteiger partial charge is 0.371 e. The fourth-order valence-corrected chi connectivity index (χ4v) is 4.62. The van der Waals surface area contributed by atoms with Gasteiger partial charge in [-0.2, -0.15) is 0 Å². The van der Waals surface area contributed by atoms with Gasteiger partial charge in [-0.25, -0.2) is 9.97 Å². The van der Waals surface area contributed by atoms with Crippen molar-refractivity contribution in [2.75, 3.05) is 56.6 Å². The number of nitrogens with one attached hydrogen (secondary N) is 1. The lowest BCUT2D eigenvalue weighted by Gasteiger charge is -2.36. The van der Waals surface area contributed by atoms with Crippen molar-refractivity contribution < 1.29 is 4.79 Å². The Morgan fingerprint density at radius 3 is 2.42 bits per heavy atom. The van der Waals surface area contributed by atoms with Crippen LogP contribution in [0.25, 0.3) is 0 Å². The molecule has 1 aromatic carbocycles. The van der Waals surface area contributed by atoms with Crippen molar-refractivity contribution in [3.8, 4) is 0 Å². The van der Waals surface area contributed by atoms with E-state index >= 15 is 0 Å². The summed E-state index contributed by atoms with van der Waals surface area (Å²) in [5.41, 5.74) is 1.95. The maximum atomic E-state index is 12.1. The summed E-state index contributed by atoms with van der Waals surface area (Å²) in [6, 6.07) is 10.5. The number of amides is 1. The molecule has 0 saturated carbocycles. The van der Waals surface area contributed by atoms with E-state index in [9.17, 15) is 4.79 Å². The third-order valence-corrected chi connectivity index (χ3v) is 6.43. The molecule has 31 heavy (non-hydrogen) atoms. The van der Waals surface area contributed by atoms with Gasteiger partial charge < -0.3 is 20.0 Å². The zero-order valence-corrected chi connectivity index (χ0v) is 18.7. The first-order valence-corrected chi connectivity index (χ1v) is 11.4. The van der Waals surface area contributed by atoms with Gasteiger partial charge >= 0.3 is 0 Å². The first-order valence-electron chi connectivity index (χ1n) is 11.4. The Balaban J connectivity index is 1.22.